The van der Waals surface area contributed by atoms with Gasteiger partial charge in [-0.05, 0) is 37.8 Å². The lowest BCUT2D eigenvalue weighted by Gasteiger charge is -2.33. The summed E-state index contributed by atoms with van der Waals surface area (Å²) >= 11 is 1.25. The predicted octanol–water partition coefficient (Wildman–Crippen LogP) is 1.90. The second kappa shape index (κ2) is 6.14. The molecule has 0 saturated carbocycles. The molecule has 102 valence electrons. The van der Waals surface area contributed by atoms with Gasteiger partial charge in [-0.15, -0.1) is 11.3 Å². The van der Waals surface area contributed by atoms with Crippen LogP contribution in [-0.2, 0) is 10.0 Å². The molecule has 1 aliphatic rings. The van der Waals surface area contributed by atoms with E-state index in [9.17, 15) is 8.42 Å². The van der Waals surface area contributed by atoms with Crippen LogP contribution in [0.5, 0.6) is 0 Å². The SMILES string of the molecule is C[C@H]1CCCCN1CCNS(=O)(=O)c1cccs1. The fraction of sp³-hybridized carbons (Fsp3) is 0.667. The molecule has 1 fully saturated rings. The molecule has 0 spiro atoms. The Kier molecular flexibility index (Phi) is 4.77. The van der Waals surface area contributed by atoms with E-state index < -0.39 is 10.0 Å². The monoisotopic (exact) mass is 288 g/mol. The van der Waals surface area contributed by atoms with Crippen LogP contribution < -0.4 is 4.72 Å². The number of piperidine rings is 1. The molecule has 4 nitrogen and oxygen atoms in total. The van der Waals surface area contributed by atoms with Gasteiger partial charge in [-0.2, -0.15) is 0 Å². The first kappa shape index (κ1) is 14.0. The van der Waals surface area contributed by atoms with E-state index in [1.165, 1.54) is 30.6 Å². The number of sulfonamides is 1. The molecule has 6 heteroatoms. The predicted molar refractivity (Wildman–Crippen MR) is 74.4 cm³/mol. The molecule has 1 aliphatic heterocycles. The Morgan fingerprint density at radius 1 is 1.50 bits per heavy atom. The lowest BCUT2D eigenvalue weighted by atomic mass is 10.0. The Hall–Kier alpha value is -0.430. The lowest BCUT2D eigenvalue weighted by molar-refractivity contribution is 0.164. The second-order valence-corrected chi connectivity index (χ2v) is 7.65. The van der Waals surface area contributed by atoms with Crippen LogP contribution in [0.3, 0.4) is 0 Å². The number of hydrogen-bond acceptors (Lipinski definition) is 4. The average Bonchev–Trinajstić information content (AvgIpc) is 2.86. The van der Waals surface area contributed by atoms with Crippen molar-refractivity contribution in [3.05, 3.63) is 17.5 Å². The highest BCUT2D eigenvalue weighted by atomic mass is 32.2. The quantitative estimate of drug-likeness (QED) is 0.900. The van der Waals surface area contributed by atoms with Crippen LogP contribution >= 0.6 is 11.3 Å². The van der Waals surface area contributed by atoms with Crippen molar-refractivity contribution in [1.82, 2.24) is 9.62 Å². The topological polar surface area (TPSA) is 49.4 Å². The van der Waals surface area contributed by atoms with E-state index in [-0.39, 0.29) is 0 Å². The van der Waals surface area contributed by atoms with Gasteiger partial charge >= 0.3 is 0 Å². The van der Waals surface area contributed by atoms with Crippen molar-refractivity contribution in [3.63, 3.8) is 0 Å². The first-order chi connectivity index (χ1) is 8.59. The van der Waals surface area contributed by atoms with Crippen molar-refractivity contribution in [2.45, 2.75) is 36.4 Å². The zero-order valence-electron chi connectivity index (χ0n) is 10.6. The molecular formula is C12H20N2O2S2. The van der Waals surface area contributed by atoms with Gasteiger partial charge in [0.2, 0.25) is 10.0 Å². The number of rotatable bonds is 5. The van der Waals surface area contributed by atoms with E-state index >= 15 is 0 Å². The molecule has 0 unspecified atom stereocenters. The Balaban J connectivity index is 1.81. The molecule has 2 heterocycles. The Labute approximate surface area is 113 Å². The third-order valence-corrected chi connectivity index (χ3v) is 6.25. The van der Waals surface area contributed by atoms with Gasteiger partial charge in [-0.25, -0.2) is 13.1 Å². The highest BCUT2D eigenvalue weighted by molar-refractivity contribution is 7.91. The summed E-state index contributed by atoms with van der Waals surface area (Å²) in [6.07, 6.45) is 3.73. The standard InChI is InChI=1S/C12H20N2O2S2/c1-11-5-2-3-8-14(11)9-7-13-18(15,16)12-6-4-10-17-12/h4,6,10-11,13H,2-3,5,7-9H2,1H3/t11-/m0/s1. The first-order valence-corrected chi connectivity index (χ1v) is 8.73. The zero-order chi connectivity index (χ0) is 13.0. The maximum atomic E-state index is 11.9. The molecule has 0 aliphatic carbocycles. The summed E-state index contributed by atoms with van der Waals surface area (Å²) in [6.45, 7) is 4.59. The van der Waals surface area contributed by atoms with Gasteiger partial charge in [0, 0.05) is 19.1 Å². The Bertz CT molecular complexity index is 456. The van der Waals surface area contributed by atoms with E-state index in [1.807, 2.05) is 0 Å². The van der Waals surface area contributed by atoms with Crippen molar-refractivity contribution in [2.75, 3.05) is 19.6 Å². The summed E-state index contributed by atoms with van der Waals surface area (Å²) in [5.41, 5.74) is 0. The molecule has 1 aromatic rings. The summed E-state index contributed by atoms with van der Waals surface area (Å²) in [7, 11) is -3.29. The summed E-state index contributed by atoms with van der Waals surface area (Å²) in [5.74, 6) is 0. The molecule has 1 saturated heterocycles. The third-order valence-electron chi connectivity index (χ3n) is 3.39. The number of likely N-dealkylation sites (tertiary alicyclic amines) is 1. The van der Waals surface area contributed by atoms with Crippen molar-refractivity contribution in [3.8, 4) is 0 Å². The van der Waals surface area contributed by atoms with Crippen molar-refractivity contribution in [2.24, 2.45) is 0 Å². The van der Waals surface area contributed by atoms with Crippen LogP contribution in [0.25, 0.3) is 0 Å². The molecule has 18 heavy (non-hydrogen) atoms. The van der Waals surface area contributed by atoms with Crippen LogP contribution in [0.1, 0.15) is 26.2 Å². The van der Waals surface area contributed by atoms with E-state index in [0.717, 1.165) is 13.1 Å². The fourth-order valence-electron chi connectivity index (χ4n) is 2.30. The first-order valence-electron chi connectivity index (χ1n) is 6.37. The third kappa shape index (κ3) is 3.54. The molecule has 0 radical (unpaired) electrons. The molecule has 0 amide bonds. The summed E-state index contributed by atoms with van der Waals surface area (Å²) < 4.78 is 26.9. The van der Waals surface area contributed by atoms with E-state index in [1.54, 1.807) is 17.5 Å². The Morgan fingerprint density at radius 3 is 3.00 bits per heavy atom. The number of nitrogens with zero attached hydrogens (tertiary/aromatic N) is 1. The van der Waals surface area contributed by atoms with Crippen LogP contribution in [0.4, 0.5) is 0 Å². The second-order valence-electron chi connectivity index (χ2n) is 4.71. The minimum absolute atomic E-state index is 0.397. The van der Waals surface area contributed by atoms with Crippen molar-refractivity contribution < 1.29 is 8.42 Å². The maximum absolute atomic E-state index is 11.9. The molecule has 1 aromatic heterocycles. The number of nitrogens with one attached hydrogen (secondary N) is 1. The van der Waals surface area contributed by atoms with Crippen LogP contribution in [0.2, 0.25) is 0 Å². The average molecular weight is 288 g/mol. The maximum Gasteiger partial charge on any atom is 0.250 e. The summed E-state index contributed by atoms with van der Waals surface area (Å²) in [5, 5.41) is 1.78. The zero-order valence-corrected chi connectivity index (χ0v) is 12.3. The molecule has 1 atom stereocenters. The number of hydrogen-bond donors (Lipinski definition) is 1. The van der Waals surface area contributed by atoms with Gasteiger partial charge in [0.15, 0.2) is 0 Å². The van der Waals surface area contributed by atoms with Gasteiger partial charge in [-0.3, -0.25) is 4.90 Å². The van der Waals surface area contributed by atoms with E-state index in [2.05, 4.69) is 16.5 Å². The highest BCUT2D eigenvalue weighted by Gasteiger charge is 2.19. The van der Waals surface area contributed by atoms with Crippen LogP contribution in [0, 0.1) is 0 Å². The molecule has 2 rings (SSSR count). The van der Waals surface area contributed by atoms with Gasteiger partial charge < -0.3 is 0 Å². The van der Waals surface area contributed by atoms with Crippen LogP contribution in [0.15, 0.2) is 21.7 Å². The minimum Gasteiger partial charge on any atom is -0.299 e. The largest absolute Gasteiger partial charge is 0.299 e. The van der Waals surface area contributed by atoms with Gasteiger partial charge in [0.1, 0.15) is 4.21 Å². The minimum atomic E-state index is -3.29. The smallest absolute Gasteiger partial charge is 0.250 e. The Morgan fingerprint density at radius 2 is 2.33 bits per heavy atom. The van der Waals surface area contributed by atoms with Gasteiger partial charge in [0.05, 0.1) is 0 Å². The fourth-order valence-corrected chi connectivity index (χ4v) is 4.36. The van der Waals surface area contributed by atoms with Crippen LogP contribution in [-0.4, -0.2) is 39.0 Å². The molecule has 0 bridgehead atoms. The summed E-state index contributed by atoms with van der Waals surface area (Å²) in [6, 6.07) is 3.97. The molecule has 1 N–H and O–H groups in total. The molecule has 0 aromatic carbocycles. The lowest BCUT2D eigenvalue weighted by Crippen LogP contribution is -2.42. The van der Waals surface area contributed by atoms with Crippen molar-refractivity contribution in [1.29, 1.82) is 0 Å². The highest BCUT2D eigenvalue weighted by Crippen LogP contribution is 2.17. The van der Waals surface area contributed by atoms with E-state index in [0.29, 0.717) is 16.8 Å². The van der Waals surface area contributed by atoms with Crippen molar-refractivity contribution >= 4 is 21.4 Å². The summed E-state index contributed by atoms with van der Waals surface area (Å²) in [4.78, 5) is 2.36. The molecular weight excluding hydrogens is 268 g/mol. The number of thiophene rings is 1. The van der Waals surface area contributed by atoms with Gasteiger partial charge in [-0.1, -0.05) is 12.5 Å². The normalized spacial score (nSPS) is 22.2. The van der Waals surface area contributed by atoms with E-state index in [4.69, 9.17) is 0 Å². The van der Waals surface area contributed by atoms with Gasteiger partial charge in [0.25, 0.3) is 0 Å².